The second kappa shape index (κ2) is 2.57. The molecule has 1 rings (SSSR count). The number of alkyl halides is 2. The van der Waals surface area contributed by atoms with Crippen LogP contribution in [0.15, 0.2) is 23.8 Å². The monoisotopic (exact) mass is 178 g/mol. The Labute approximate surface area is 69.9 Å². The zero-order valence-electron chi connectivity index (χ0n) is 5.51. The van der Waals surface area contributed by atoms with Crippen molar-refractivity contribution in [1.29, 1.82) is 0 Å². The molecule has 0 aromatic rings. The molecule has 0 saturated heterocycles. The molecule has 0 radical (unpaired) electrons. The van der Waals surface area contributed by atoms with Crippen LogP contribution in [0.3, 0.4) is 0 Å². The topological polar surface area (TPSA) is 20.2 Å². The summed E-state index contributed by atoms with van der Waals surface area (Å²) in [5.41, 5.74) is 0.925. The summed E-state index contributed by atoms with van der Waals surface area (Å²) in [5, 5.41) is 7.39. The molecular formula is C7H8Cl2O. The van der Waals surface area contributed by atoms with Crippen LogP contribution in [-0.2, 0) is 0 Å². The maximum Gasteiger partial charge on any atom is 0.177 e. The van der Waals surface area contributed by atoms with Crippen molar-refractivity contribution >= 4 is 23.2 Å². The molecule has 1 aliphatic rings. The molecule has 1 aliphatic carbocycles. The predicted octanol–water partition coefficient (Wildman–Crippen LogP) is 2.04. The van der Waals surface area contributed by atoms with Crippen LogP contribution in [0.25, 0.3) is 0 Å². The Bertz CT molecular complexity index is 194. The molecule has 3 heteroatoms. The van der Waals surface area contributed by atoms with E-state index in [1.807, 2.05) is 13.0 Å². The maximum atomic E-state index is 9.32. The first-order valence-electron chi connectivity index (χ1n) is 2.95. The number of halogens is 2. The largest absolute Gasteiger partial charge is 0.370 e. The molecule has 0 aromatic carbocycles. The summed E-state index contributed by atoms with van der Waals surface area (Å²) >= 11 is 11.3. The third-order valence-corrected chi connectivity index (χ3v) is 2.28. The molecule has 0 saturated carbocycles. The Morgan fingerprint density at radius 3 is 2.70 bits per heavy atom. The molecule has 0 bridgehead atoms. The molecule has 2 atom stereocenters. The quantitative estimate of drug-likeness (QED) is 0.564. The van der Waals surface area contributed by atoms with Crippen LogP contribution in [0, 0.1) is 0 Å². The molecule has 0 amide bonds. The first-order chi connectivity index (χ1) is 4.52. The van der Waals surface area contributed by atoms with E-state index in [9.17, 15) is 5.11 Å². The molecule has 10 heavy (non-hydrogen) atoms. The van der Waals surface area contributed by atoms with Crippen molar-refractivity contribution in [2.24, 2.45) is 0 Å². The lowest BCUT2D eigenvalue weighted by Crippen LogP contribution is -2.30. The van der Waals surface area contributed by atoms with Gasteiger partial charge in [-0.25, -0.2) is 0 Å². The summed E-state index contributed by atoms with van der Waals surface area (Å²) in [6.07, 6.45) is 5.03. The van der Waals surface area contributed by atoms with Gasteiger partial charge in [0.2, 0.25) is 0 Å². The standard InChI is InChI=1S/C7H8Cl2O/c1-5-2-3-6(8)7(9,10)4-5/h2-4,6,10H,1H3. The minimum atomic E-state index is -1.40. The van der Waals surface area contributed by atoms with E-state index in [1.165, 1.54) is 6.08 Å². The highest BCUT2D eigenvalue weighted by Gasteiger charge is 2.30. The van der Waals surface area contributed by atoms with Gasteiger partial charge in [-0.3, -0.25) is 0 Å². The van der Waals surface area contributed by atoms with Crippen molar-refractivity contribution in [3.8, 4) is 0 Å². The number of hydrogen-bond acceptors (Lipinski definition) is 1. The van der Waals surface area contributed by atoms with E-state index in [0.29, 0.717) is 0 Å². The number of hydrogen-bond donors (Lipinski definition) is 1. The Hall–Kier alpha value is 0.0200. The molecule has 0 aliphatic heterocycles. The van der Waals surface area contributed by atoms with Crippen LogP contribution >= 0.6 is 23.2 Å². The second-order valence-corrected chi connectivity index (χ2v) is 3.45. The fourth-order valence-corrected chi connectivity index (χ4v) is 1.20. The fraction of sp³-hybridized carbons (Fsp3) is 0.429. The zero-order chi connectivity index (χ0) is 7.78. The molecule has 0 spiro atoms. The minimum Gasteiger partial charge on any atom is -0.370 e. The van der Waals surface area contributed by atoms with Gasteiger partial charge in [-0.1, -0.05) is 29.3 Å². The van der Waals surface area contributed by atoms with E-state index in [-0.39, 0.29) is 0 Å². The van der Waals surface area contributed by atoms with Crippen molar-refractivity contribution in [2.45, 2.75) is 17.4 Å². The fourth-order valence-electron chi connectivity index (χ4n) is 0.818. The van der Waals surface area contributed by atoms with Gasteiger partial charge in [0, 0.05) is 0 Å². The van der Waals surface area contributed by atoms with Crippen molar-refractivity contribution in [3.05, 3.63) is 23.8 Å². The Morgan fingerprint density at radius 2 is 2.30 bits per heavy atom. The third-order valence-electron chi connectivity index (χ3n) is 1.34. The van der Waals surface area contributed by atoms with E-state index in [2.05, 4.69) is 0 Å². The molecule has 1 nitrogen and oxygen atoms in total. The molecule has 2 unspecified atom stereocenters. The molecule has 56 valence electrons. The Kier molecular flexibility index (Phi) is 2.09. The number of allylic oxidation sites excluding steroid dienone is 2. The van der Waals surface area contributed by atoms with Crippen LogP contribution in [0.1, 0.15) is 6.92 Å². The summed E-state index contributed by atoms with van der Waals surface area (Å²) < 4.78 is 0. The van der Waals surface area contributed by atoms with Gasteiger partial charge in [-0.15, -0.1) is 11.6 Å². The van der Waals surface area contributed by atoms with Gasteiger partial charge < -0.3 is 5.11 Å². The third kappa shape index (κ3) is 1.54. The van der Waals surface area contributed by atoms with Crippen LogP contribution < -0.4 is 0 Å². The highest BCUT2D eigenvalue weighted by Crippen LogP contribution is 2.29. The average molecular weight is 179 g/mol. The summed E-state index contributed by atoms with van der Waals surface area (Å²) in [5.74, 6) is 0. The average Bonchev–Trinajstić information content (AvgIpc) is 1.78. The van der Waals surface area contributed by atoms with Gasteiger partial charge in [0.25, 0.3) is 0 Å². The summed E-state index contributed by atoms with van der Waals surface area (Å²) in [7, 11) is 0. The number of rotatable bonds is 0. The Morgan fingerprint density at radius 1 is 1.70 bits per heavy atom. The smallest absolute Gasteiger partial charge is 0.177 e. The predicted molar refractivity (Wildman–Crippen MR) is 43.3 cm³/mol. The zero-order valence-corrected chi connectivity index (χ0v) is 7.02. The van der Waals surface area contributed by atoms with E-state index >= 15 is 0 Å². The van der Waals surface area contributed by atoms with Crippen LogP contribution in [0.4, 0.5) is 0 Å². The first kappa shape index (κ1) is 8.12. The molecule has 1 N–H and O–H groups in total. The van der Waals surface area contributed by atoms with Gasteiger partial charge in [0.05, 0.1) is 5.38 Å². The van der Waals surface area contributed by atoms with Crippen molar-refractivity contribution < 1.29 is 5.11 Å². The summed E-state index contributed by atoms with van der Waals surface area (Å²) in [6.45, 7) is 1.85. The van der Waals surface area contributed by atoms with Crippen LogP contribution in [0.2, 0.25) is 0 Å². The van der Waals surface area contributed by atoms with Crippen molar-refractivity contribution in [1.82, 2.24) is 0 Å². The van der Waals surface area contributed by atoms with Gasteiger partial charge in [-0.2, -0.15) is 0 Å². The van der Waals surface area contributed by atoms with E-state index in [4.69, 9.17) is 23.2 Å². The normalized spacial score (nSPS) is 39.6. The highest BCUT2D eigenvalue weighted by molar-refractivity contribution is 6.33. The minimum absolute atomic E-state index is 0.530. The van der Waals surface area contributed by atoms with Crippen LogP contribution in [-0.4, -0.2) is 15.5 Å². The van der Waals surface area contributed by atoms with Crippen molar-refractivity contribution in [2.75, 3.05) is 0 Å². The van der Waals surface area contributed by atoms with E-state index in [0.717, 1.165) is 5.57 Å². The van der Waals surface area contributed by atoms with Crippen molar-refractivity contribution in [3.63, 3.8) is 0 Å². The summed E-state index contributed by atoms with van der Waals surface area (Å²) in [6, 6.07) is 0. The SMILES string of the molecule is CC1=CC(O)(Cl)C(Cl)C=C1. The van der Waals surface area contributed by atoms with Crippen LogP contribution in [0.5, 0.6) is 0 Å². The van der Waals surface area contributed by atoms with E-state index in [1.54, 1.807) is 6.08 Å². The highest BCUT2D eigenvalue weighted by atomic mass is 35.5. The molecular weight excluding hydrogens is 171 g/mol. The van der Waals surface area contributed by atoms with E-state index < -0.39 is 10.4 Å². The van der Waals surface area contributed by atoms with Gasteiger partial charge in [0.1, 0.15) is 0 Å². The lowest BCUT2D eigenvalue weighted by atomic mass is 10.1. The van der Waals surface area contributed by atoms with Gasteiger partial charge in [-0.05, 0) is 13.0 Å². The molecule has 0 fully saturated rings. The maximum absolute atomic E-state index is 9.32. The Balaban J connectivity index is 2.88. The molecule has 0 heterocycles. The lowest BCUT2D eigenvalue weighted by Gasteiger charge is -2.23. The summed E-state index contributed by atoms with van der Waals surface area (Å²) in [4.78, 5) is 0. The second-order valence-electron chi connectivity index (χ2n) is 2.38. The number of aliphatic hydroxyl groups is 1. The molecule has 0 aromatic heterocycles. The van der Waals surface area contributed by atoms with Gasteiger partial charge >= 0.3 is 0 Å². The first-order valence-corrected chi connectivity index (χ1v) is 3.77. The lowest BCUT2D eigenvalue weighted by molar-refractivity contribution is 0.184. The van der Waals surface area contributed by atoms with Gasteiger partial charge in [0.15, 0.2) is 5.06 Å².